The summed E-state index contributed by atoms with van der Waals surface area (Å²) < 4.78 is 24.4. The zero-order valence-electron chi connectivity index (χ0n) is 23.1. The average Bonchev–Trinajstić information content (AvgIpc) is 2.97. The van der Waals surface area contributed by atoms with Crippen molar-refractivity contribution in [2.75, 3.05) is 0 Å². The fraction of sp³-hybridized carbons (Fsp3) is 0.250. The maximum absolute atomic E-state index is 11.0. The number of phenolic OH excluding ortho intramolecular Hbond substituents is 2. The quantitative estimate of drug-likeness (QED) is 0.160. The second-order valence-electron chi connectivity index (χ2n) is 11.4. The molecule has 2 N–H and O–H groups in total. The van der Waals surface area contributed by atoms with Crippen LogP contribution in [0, 0.1) is 20.2 Å². The molecule has 4 aliphatic rings. The average molecular weight is 599 g/mol. The zero-order chi connectivity index (χ0) is 30.6. The lowest BCUT2D eigenvalue weighted by Gasteiger charge is -2.61. The van der Waals surface area contributed by atoms with E-state index in [1.54, 1.807) is 0 Å². The minimum absolute atomic E-state index is 0.0225. The van der Waals surface area contributed by atoms with E-state index in [0.717, 1.165) is 24.0 Å². The Bertz CT molecular complexity index is 1630. The van der Waals surface area contributed by atoms with Crippen molar-refractivity contribution in [3.63, 3.8) is 0 Å². The van der Waals surface area contributed by atoms with Crippen LogP contribution >= 0.6 is 0 Å². The maximum atomic E-state index is 11.0. The van der Waals surface area contributed by atoms with E-state index in [1.165, 1.54) is 36.4 Å². The molecule has 0 spiro atoms. The first-order valence-corrected chi connectivity index (χ1v) is 14.0. The van der Waals surface area contributed by atoms with Crippen molar-refractivity contribution in [2.45, 2.75) is 49.1 Å². The van der Waals surface area contributed by atoms with Crippen molar-refractivity contribution >= 4 is 11.4 Å². The van der Waals surface area contributed by atoms with Gasteiger partial charge in [0.2, 0.25) is 0 Å². The van der Waals surface area contributed by atoms with Crippen molar-refractivity contribution in [1.82, 2.24) is 0 Å². The normalized spacial score (nSPS) is 25.0. The predicted molar refractivity (Wildman–Crippen MR) is 154 cm³/mol. The highest BCUT2D eigenvalue weighted by Crippen LogP contribution is 2.61. The van der Waals surface area contributed by atoms with Crippen LogP contribution in [0.1, 0.15) is 36.8 Å². The Morgan fingerprint density at radius 3 is 1.66 bits per heavy atom. The van der Waals surface area contributed by atoms with Crippen LogP contribution < -0.4 is 9.47 Å². The summed E-state index contributed by atoms with van der Waals surface area (Å²) in [5, 5.41) is 41.8. The molecule has 4 bridgehead atoms. The van der Waals surface area contributed by atoms with Crippen molar-refractivity contribution in [2.24, 2.45) is 0 Å². The first kappa shape index (κ1) is 27.6. The molecule has 1 aliphatic carbocycles. The zero-order valence-corrected chi connectivity index (χ0v) is 23.1. The largest absolute Gasteiger partial charge is 0.502 e. The molecule has 3 heterocycles. The Balaban J connectivity index is 1.10. The predicted octanol–water partition coefficient (Wildman–Crippen LogP) is 6.96. The van der Waals surface area contributed by atoms with Gasteiger partial charge in [-0.3, -0.25) is 20.2 Å². The molecule has 4 fully saturated rings. The highest BCUT2D eigenvalue weighted by atomic mass is 16.7. The lowest BCUT2D eigenvalue weighted by Crippen LogP contribution is -2.62. The van der Waals surface area contributed by atoms with E-state index in [-0.39, 0.29) is 35.0 Å². The van der Waals surface area contributed by atoms with Gasteiger partial charge in [-0.05, 0) is 60.4 Å². The van der Waals surface area contributed by atoms with E-state index >= 15 is 0 Å². The van der Waals surface area contributed by atoms with Gasteiger partial charge < -0.3 is 29.2 Å². The highest BCUT2D eigenvalue weighted by molar-refractivity contribution is 5.51. The number of ether oxygens (including phenoxy) is 4. The lowest BCUT2D eigenvalue weighted by molar-refractivity contribution is -0.386. The lowest BCUT2D eigenvalue weighted by atomic mass is 9.57. The smallest absolute Gasteiger partial charge is 0.310 e. The summed E-state index contributed by atoms with van der Waals surface area (Å²) in [6, 6.07) is 23.0. The molecule has 1 saturated carbocycles. The molecule has 12 heteroatoms. The summed E-state index contributed by atoms with van der Waals surface area (Å²) in [5.41, 5.74) is 0.616. The van der Waals surface area contributed by atoms with Crippen LogP contribution in [0.3, 0.4) is 0 Å². The summed E-state index contributed by atoms with van der Waals surface area (Å²) in [7, 11) is 0. The molecule has 0 aromatic heterocycles. The third-order valence-electron chi connectivity index (χ3n) is 8.66. The third-order valence-corrected chi connectivity index (χ3v) is 8.66. The Morgan fingerprint density at radius 2 is 1.18 bits per heavy atom. The number of phenols is 2. The summed E-state index contributed by atoms with van der Waals surface area (Å²) in [5.74, 6) is 0.668. The Morgan fingerprint density at radius 1 is 0.682 bits per heavy atom. The van der Waals surface area contributed by atoms with Gasteiger partial charge in [-0.15, -0.1) is 0 Å². The molecular weight excluding hydrogens is 572 g/mol. The van der Waals surface area contributed by atoms with Gasteiger partial charge in [0, 0.05) is 42.5 Å². The molecule has 0 amide bonds. The third kappa shape index (κ3) is 4.83. The summed E-state index contributed by atoms with van der Waals surface area (Å²) in [6.45, 7) is 0. The van der Waals surface area contributed by atoms with E-state index in [0.29, 0.717) is 24.3 Å². The number of hydrogen-bond donors (Lipinski definition) is 2. The number of nitrogens with zero attached hydrogens (tertiary/aromatic N) is 2. The molecule has 12 nitrogen and oxygen atoms in total. The molecule has 3 aliphatic heterocycles. The number of nitro benzene ring substituents is 2. The second-order valence-corrected chi connectivity index (χ2v) is 11.4. The van der Waals surface area contributed by atoms with Crippen molar-refractivity contribution < 1.29 is 39.0 Å². The van der Waals surface area contributed by atoms with Gasteiger partial charge >= 0.3 is 11.4 Å². The van der Waals surface area contributed by atoms with Gasteiger partial charge in [0.05, 0.1) is 21.6 Å². The first-order valence-electron chi connectivity index (χ1n) is 14.0. The van der Waals surface area contributed by atoms with Crippen LogP contribution in [0.4, 0.5) is 11.4 Å². The molecule has 4 aromatic rings. The minimum atomic E-state index is -0.660. The highest BCUT2D eigenvalue weighted by Gasteiger charge is 2.60. The number of nitro groups is 2. The molecule has 8 rings (SSSR count). The van der Waals surface area contributed by atoms with Gasteiger partial charge in [0.1, 0.15) is 23.0 Å². The summed E-state index contributed by atoms with van der Waals surface area (Å²) in [6.07, 6.45) is 2.71. The molecule has 4 atom stereocenters. The molecule has 0 unspecified atom stereocenters. The Kier molecular flexibility index (Phi) is 6.41. The van der Waals surface area contributed by atoms with Gasteiger partial charge in [-0.1, -0.05) is 24.3 Å². The van der Waals surface area contributed by atoms with Gasteiger partial charge in [-0.2, -0.15) is 0 Å². The molecule has 4 aromatic carbocycles. The molecule has 44 heavy (non-hydrogen) atoms. The Labute approximate surface area is 250 Å². The maximum Gasteiger partial charge on any atom is 0.310 e. The summed E-state index contributed by atoms with van der Waals surface area (Å²) in [4.78, 5) is 20.6. The summed E-state index contributed by atoms with van der Waals surface area (Å²) >= 11 is 0. The number of benzene rings is 4. The van der Waals surface area contributed by atoms with Gasteiger partial charge in [0.25, 0.3) is 0 Å². The van der Waals surface area contributed by atoms with E-state index in [9.17, 15) is 30.4 Å². The Hall–Kier alpha value is -5.20. The van der Waals surface area contributed by atoms with Gasteiger partial charge in [-0.25, -0.2) is 0 Å². The monoisotopic (exact) mass is 598 g/mol. The van der Waals surface area contributed by atoms with Crippen molar-refractivity contribution in [1.29, 1.82) is 0 Å². The van der Waals surface area contributed by atoms with E-state index < -0.39 is 32.6 Å². The van der Waals surface area contributed by atoms with Crippen molar-refractivity contribution in [3.8, 4) is 34.5 Å². The number of rotatable bonds is 8. The first-order chi connectivity index (χ1) is 21.1. The fourth-order valence-corrected chi connectivity index (χ4v) is 6.85. The van der Waals surface area contributed by atoms with Crippen LogP contribution in [-0.2, 0) is 20.5 Å². The standard InChI is InChI=1S/C32H26N2O10/c35-28-13-23(9-11-26(28)33(37)38)41-21-5-1-19(2-6-21)31-15-25-16-32(18-31,44-30(17-31)43-25)20-3-7-22(8-4-20)42-24-10-12-27(34(39)40)29(36)14-24/h1-14,25,30,35-36H,15-18H2/t25-,30-,31+,32-/m0/s1. The molecular formula is C32H26N2O10. The van der Waals surface area contributed by atoms with E-state index in [1.807, 2.05) is 48.5 Å². The SMILES string of the molecule is O=[N+]([O-])c1ccc(Oc2ccc([C@@]34C[C@H]5C[C@@](c6ccc(Oc7ccc([N+](=O)[O-])c(O)c7)cc6)(C3)O[C@@H](C4)O5)cc2)cc1O. The molecule has 0 radical (unpaired) electrons. The van der Waals surface area contributed by atoms with Crippen LogP contribution in [0.25, 0.3) is 0 Å². The van der Waals surface area contributed by atoms with Crippen LogP contribution in [-0.4, -0.2) is 32.5 Å². The minimum Gasteiger partial charge on any atom is -0.502 e. The fourth-order valence-electron chi connectivity index (χ4n) is 6.85. The van der Waals surface area contributed by atoms with Crippen LogP contribution in [0.15, 0.2) is 84.9 Å². The number of aromatic hydroxyl groups is 2. The van der Waals surface area contributed by atoms with E-state index in [2.05, 4.69) is 0 Å². The van der Waals surface area contributed by atoms with Crippen LogP contribution in [0.2, 0.25) is 0 Å². The number of hydrogen-bond acceptors (Lipinski definition) is 10. The molecule has 224 valence electrons. The van der Waals surface area contributed by atoms with Crippen molar-refractivity contribution in [3.05, 3.63) is 116 Å². The van der Waals surface area contributed by atoms with E-state index in [4.69, 9.17) is 18.9 Å². The second kappa shape index (κ2) is 10.2. The van der Waals surface area contributed by atoms with Gasteiger partial charge in [0.15, 0.2) is 17.8 Å². The molecule has 3 saturated heterocycles. The topological polar surface area (TPSA) is 164 Å². The van der Waals surface area contributed by atoms with Crippen LogP contribution in [0.5, 0.6) is 34.5 Å².